The van der Waals surface area contributed by atoms with Crippen molar-refractivity contribution in [1.82, 2.24) is 0 Å². The van der Waals surface area contributed by atoms with Gasteiger partial charge in [-0.15, -0.1) is 0 Å². The Bertz CT molecular complexity index is 948. The Labute approximate surface area is 128 Å². The van der Waals surface area contributed by atoms with Crippen molar-refractivity contribution in [3.8, 4) is 0 Å². The SMILES string of the molecule is Cc1ccc([C@@H](O)c2ccc3c(c2)oc2ccccc23)cc1. The maximum atomic E-state index is 10.6. The van der Waals surface area contributed by atoms with E-state index in [0.717, 1.165) is 33.1 Å². The third-order valence-corrected chi connectivity index (χ3v) is 4.11. The van der Waals surface area contributed by atoms with Crippen LogP contribution in [0.1, 0.15) is 22.8 Å². The molecule has 0 aliphatic heterocycles. The molecule has 0 saturated heterocycles. The van der Waals surface area contributed by atoms with Gasteiger partial charge in [0, 0.05) is 10.8 Å². The molecular weight excluding hydrogens is 272 g/mol. The van der Waals surface area contributed by atoms with Gasteiger partial charge in [-0.25, -0.2) is 0 Å². The quantitative estimate of drug-likeness (QED) is 0.564. The molecule has 108 valence electrons. The molecule has 0 fully saturated rings. The molecule has 0 radical (unpaired) electrons. The van der Waals surface area contributed by atoms with Gasteiger partial charge in [0.15, 0.2) is 0 Å². The third-order valence-electron chi connectivity index (χ3n) is 4.11. The van der Waals surface area contributed by atoms with Gasteiger partial charge in [-0.3, -0.25) is 0 Å². The Hall–Kier alpha value is -2.58. The first-order valence-electron chi connectivity index (χ1n) is 7.38. The summed E-state index contributed by atoms with van der Waals surface area (Å²) in [6.07, 6.45) is -0.641. The summed E-state index contributed by atoms with van der Waals surface area (Å²) in [5.74, 6) is 0. The second-order valence-electron chi connectivity index (χ2n) is 5.67. The second kappa shape index (κ2) is 5.00. The third kappa shape index (κ3) is 2.09. The summed E-state index contributed by atoms with van der Waals surface area (Å²) < 4.78 is 5.89. The van der Waals surface area contributed by atoms with Crippen LogP contribution in [0.25, 0.3) is 21.9 Å². The number of aryl methyl sites for hydroxylation is 1. The molecule has 22 heavy (non-hydrogen) atoms. The molecule has 4 aromatic rings. The van der Waals surface area contributed by atoms with Crippen LogP contribution in [0.3, 0.4) is 0 Å². The number of furan rings is 1. The molecule has 0 unspecified atom stereocenters. The number of aliphatic hydroxyl groups is 1. The van der Waals surface area contributed by atoms with Crippen molar-refractivity contribution in [1.29, 1.82) is 0 Å². The lowest BCUT2D eigenvalue weighted by atomic mass is 9.99. The van der Waals surface area contributed by atoms with E-state index in [2.05, 4.69) is 6.07 Å². The zero-order valence-electron chi connectivity index (χ0n) is 12.3. The number of aliphatic hydroxyl groups excluding tert-OH is 1. The van der Waals surface area contributed by atoms with Crippen molar-refractivity contribution < 1.29 is 9.52 Å². The molecule has 0 spiro atoms. The van der Waals surface area contributed by atoms with E-state index in [9.17, 15) is 5.11 Å². The Morgan fingerprint density at radius 2 is 1.45 bits per heavy atom. The predicted octanol–water partition coefficient (Wildman–Crippen LogP) is 4.98. The smallest absolute Gasteiger partial charge is 0.135 e. The van der Waals surface area contributed by atoms with Crippen molar-refractivity contribution in [3.05, 3.63) is 83.4 Å². The van der Waals surface area contributed by atoms with Crippen LogP contribution in [0.15, 0.2) is 71.1 Å². The molecule has 0 aliphatic rings. The molecule has 2 nitrogen and oxygen atoms in total. The van der Waals surface area contributed by atoms with Crippen molar-refractivity contribution in [2.24, 2.45) is 0 Å². The maximum absolute atomic E-state index is 10.6. The van der Waals surface area contributed by atoms with Crippen LogP contribution < -0.4 is 0 Å². The predicted molar refractivity (Wildman–Crippen MR) is 89.0 cm³/mol. The fourth-order valence-electron chi connectivity index (χ4n) is 2.85. The molecule has 0 amide bonds. The lowest BCUT2D eigenvalue weighted by Gasteiger charge is -2.11. The molecule has 0 bridgehead atoms. The minimum atomic E-state index is -0.641. The van der Waals surface area contributed by atoms with E-state index >= 15 is 0 Å². The molecule has 2 heteroatoms. The van der Waals surface area contributed by atoms with Crippen LogP contribution in [0, 0.1) is 6.92 Å². The summed E-state index contributed by atoms with van der Waals surface area (Å²) in [5, 5.41) is 12.8. The minimum Gasteiger partial charge on any atom is -0.456 e. The Kier molecular flexibility index (Phi) is 2.98. The summed E-state index contributed by atoms with van der Waals surface area (Å²) >= 11 is 0. The van der Waals surface area contributed by atoms with Crippen LogP contribution in [0.4, 0.5) is 0 Å². The zero-order valence-corrected chi connectivity index (χ0v) is 12.3. The topological polar surface area (TPSA) is 33.4 Å². The van der Waals surface area contributed by atoms with E-state index in [1.807, 2.05) is 67.6 Å². The molecule has 1 heterocycles. The fourth-order valence-corrected chi connectivity index (χ4v) is 2.85. The number of benzene rings is 3. The normalized spacial score (nSPS) is 12.8. The number of rotatable bonds is 2. The summed E-state index contributed by atoms with van der Waals surface area (Å²) in [7, 11) is 0. The van der Waals surface area contributed by atoms with Gasteiger partial charge in [-0.2, -0.15) is 0 Å². The van der Waals surface area contributed by atoms with Crippen molar-refractivity contribution >= 4 is 21.9 Å². The van der Waals surface area contributed by atoms with E-state index in [1.54, 1.807) is 0 Å². The van der Waals surface area contributed by atoms with Crippen LogP contribution >= 0.6 is 0 Å². The molecule has 3 aromatic carbocycles. The minimum absolute atomic E-state index is 0.641. The highest BCUT2D eigenvalue weighted by molar-refractivity contribution is 6.04. The van der Waals surface area contributed by atoms with E-state index in [4.69, 9.17) is 4.42 Å². The Morgan fingerprint density at radius 1 is 0.773 bits per heavy atom. The van der Waals surface area contributed by atoms with E-state index < -0.39 is 6.10 Å². The fraction of sp³-hybridized carbons (Fsp3) is 0.100. The van der Waals surface area contributed by atoms with Gasteiger partial charge in [-0.05, 0) is 30.2 Å². The van der Waals surface area contributed by atoms with E-state index in [0.29, 0.717) is 0 Å². The van der Waals surface area contributed by atoms with Gasteiger partial charge >= 0.3 is 0 Å². The van der Waals surface area contributed by atoms with Crippen LogP contribution in [0.2, 0.25) is 0 Å². The average molecular weight is 288 g/mol. The molecular formula is C20H16O2. The standard InChI is InChI=1S/C20H16O2/c1-13-6-8-14(9-7-13)20(21)15-10-11-17-16-4-2-3-5-18(16)22-19(17)12-15/h2-12,20-21H,1H3/t20-/m1/s1. The van der Waals surface area contributed by atoms with Crippen molar-refractivity contribution in [2.75, 3.05) is 0 Å². The number of hydrogen-bond acceptors (Lipinski definition) is 2. The average Bonchev–Trinajstić information content (AvgIpc) is 2.92. The van der Waals surface area contributed by atoms with Gasteiger partial charge in [0.1, 0.15) is 17.3 Å². The summed E-state index contributed by atoms with van der Waals surface area (Å²) in [6, 6.07) is 21.9. The first kappa shape index (κ1) is 13.1. The van der Waals surface area contributed by atoms with Crippen molar-refractivity contribution in [3.63, 3.8) is 0 Å². The maximum Gasteiger partial charge on any atom is 0.135 e. The largest absolute Gasteiger partial charge is 0.456 e. The summed E-state index contributed by atoms with van der Waals surface area (Å²) in [6.45, 7) is 2.04. The number of fused-ring (bicyclic) bond motifs is 3. The molecule has 0 saturated carbocycles. The van der Waals surface area contributed by atoms with Crippen LogP contribution in [0.5, 0.6) is 0 Å². The molecule has 1 N–H and O–H groups in total. The highest BCUT2D eigenvalue weighted by atomic mass is 16.3. The monoisotopic (exact) mass is 288 g/mol. The zero-order chi connectivity index (χ0) is 15.1. The molecule has 4 rings (SSSR count). The number of hydrogen-bond donors (Lipinski definition) is 1. The highest BCUT2D eigenvalue weighted by Gasteiger charge is 2.13. The van der Waals surface area contributed by atoms with Gasteiger partial charge in [0.25, 0.3) is 0 Å². The second-order valence-corrected chi connectivity index (χ2v) is 5.67. The van der Waals surface area contributed by atoms with Crippen molar-refractivity contribution in [2.45, 2.75) is 13.0 Å². The lowest BCUT2D eigenvalue weighted by molar-refractivity contribution is 0.220. The van der Waals surface area contributed by atoms with E-state index in [1.165, 1.54) is 5.56 Å². The number of para-hydroxylation sites is 1. The van der Waals surface area contributed by atoms with Gasteiger partial charge in [0.2, 0.25) is 0 Å². The molecule has 1 aromatic heterocycles. The van der Waals surface area contributed by atoms with E-state index in [-0.39, 0.29) is 0 Å². The first-order valence-corrected chi connectivity index (χ1v) is 7.38. The molecule has 1 atom stereocenters. The van der Waals surface area contributed by atoms with Crippen LogP contribution in [-0.2, 0) is 0 Å². The van der Waals surface area contributed by atoms with Crippen LogP contribution in [-0.4, -0.2) is 5.11 Å². The molecule has 0 aliphatic carbocycles. The lowest BCUT2D eigenvalue weighted by Crippen LogP contribution is -1.99. The Morgan fingerprint density at radius 3 is 2.27 bits per heavy atom. The highest BCUT2D eigenvalue weighted by Crippen LogP contribution is 2.32. The summed E-state index contributed by atoms with van der Waals surface area (Å²) in [4.78, 5) is 0. The van der Waals surface area contributed by atoms with Gasteiger partial charge < -0.3 is 9.52 Å². The Balaban J connectivity index is 1.81. The van der Waals surface area contributed by atoms with Gasteiger partial charge in [0.05, 0.1) is 0 Å². The first-order chi connectivity index (χ1) is 10.7. The van der Waals surface area contributed by atoms with Gasteiger partial charge in [-0.1, -0.05) is 60.2 Å². The summed E-state index contributed by atoms with van der Waals surface area (Å²) in [5.41, 5.74) is 4.60.